The highest BCUT2D eigenvalue weighted by Crippen LogP contribution is 2.17. The zero-order chi connectivity index (χ0) is 17.3. The normalized spacial score (nSPS) is 11.2. The molecule has 9 heteroatoms. The van der Waals surface area contributed by atoms with Crippen LogP contribution in [0.25, 0.3) is 5.78 Å². The van der Waals surface area contributed by atoms with E-state index in [2.05, 4.69) is 20.2 Å². The molecule has 0 N–H and O–H groups in total. The average molecular weight is 347 g/mol. The summed E-state index contributed by atoms with van der Waals surface area (Å²) in [5.41, 5.74) is 2.96. The van der Waals surface area contributed by atoms with Crippen molar-refractivity contribution in [3.8, 4) is 0 Å². The Labute approximate surface area is 142 Å². The maximum absolute atomic E-state index is 12.1. The molecule has 0 aliphatic rings. The monoisotopic (exact) mass is 347 g/mol. The van der Waals surface area contributed by atoms with Crippen LogP contribution in [0, 0.1) is 20.8 Å². The predicted octanol–water partition coefficient (Wildman–Crippen LogP) is 2.05. The van der Waals surface area contributed by atoms with Crippen LogP contribution in [0.15, 0.2) is 15.7 Å². The maximum atomic E-state index is 12.1. The molecule has 24 heavy (non-hydrogen) atoms. The number of hydrogen-bond acceptors (Lipinski definition) is 8. The summed E-state index contributed by atoms with van der Waals surface area (Å²) < 4.78 is 11.9. The van der Waals surface area contributed by atoms with E-state index in [0.717, 1.165) is 17.0 Å². The number of ether oxygens (including phenoxy) is 1. The molecule has 0 amide bonds. The van der Waals surface area contributed by atoms with E-state index in [0.29, 0.717) is 22.4 Å². The Balaban J connectivity index is 1.77. The molecule has 0 fully saturated rings. The van der Waals surface area contributed by atoms with Gasteiger partial charge >= 0.3 is 5.97 Å². The van der Waals surface area contributed by atoms with Gasteiger partial charge in [-0.05, 0) is 27.0 Å². The number of rotatable bonds is 5. The second kappa shape index (κ2) is 6.60. The number of thioether (sulfide) groups is 1. The minimum atomic E-state index is -0.354. The van der Waals surface area contributed by atoms with Crippen molar-refractivity contribution in [3.63, 3.8) is 0 Å². The van der Waals surface area contributed by atoms with Crippen LogP contribution in [0.2, 0.25) is 0 Å². The minimum Gasteiger partial charge on any atom is -0.459 e. The molecule has 3 aromatic rings. The van der Waals surface area contributed by atoms with Gasteiger partial charge in [0.15, 0.2) is 0 Å². The number of esters is 1. The number of carbonyl (C=O) groups excluding carboxylic acids is 1. The molecule has 3 heterocycles. The van der Waals surface area contributed by atoms with Gasteiger partial charge < -0.3 is 9.26 Å². The van der Waals surface area contributed by atoms with Crippen molar-refractivity contribution in [3.05, 3.63) is 34.5 Å². The summed E-state index contributed by atoms with van der Waals surface area (Å²) in [7, 11) is 0. The fourth-order valence-electron chi connectivity index (χ4n) is 2.37. The van der Waals surface area contributed by atoms with Crippen LogP contribution < -0.4 is 0 Å². The van der Waals surface area contributed by atoms with Crippen molar-refractivity contribution in [2.45, 2.75) is 39.0 Å². The first-order valence-corrected chi connectivity index (χ1v) is 8.55. The number of nitrogens with zero attached hydrogens (tertiary/aromatic N) is 5. The molecule has 0 bridgehead atoms. The highest BCUT2D eigenvalue weighted by Gasteiger charge is 2.17. The molecule has 0 aliphatic heterocycles. The van der Waals surface area contributed by atoms with Gasteiger partial charge in [0.1, 0.15) is 18.1 Å². The van der Waals surface area contributed by atoms with Crippen LogP contribution in [0.5, 0.6) is 0 Å². The van der Waals surface area contributed by atoms with Crippen LogP contribution >= 0.6 is 11.8 Å². The van der Waals surface area contributed by atoms with Crippen molar-refractivity contribution in [2.75, 3.05) is 6.26 Å². The molecule has 0 saturated heterocycles. The highest BCUT2D eigenvalue weighted by molar-refractivity contribution is 7.98. The smallest absolute Gasteiger partial charge is 0.310 e. The van der Waals surface area contributed by atoms with Gasteiger partial charge in [0.2, 0.25) is 5.16 Å². The van der Waals surface area contributed by atoms with E-state index < -0.39 is 0 Å². The van der Waals surface area contributed by atoms with E-state index in [-0.39, 0.29) is 19.0 Å². The largest absolute Gasteiger partial charge is 0.459 e. The molecule has 0 saturated carbocycles. The number of aromatic nitrogens is 5. The van der Waals surface area contributed by atoms with E-state index in [1.807, 2.05) is 20.1 Å². The van der Waals surface area contributed by atoms with E-state index in [1.54, 1.807) is 17.5 Å². The molecule has 0 aliphatic carbocycles. The molecule has 126 valence electrons. The standard InChI is InChI=1S/C15H17N5O3S/c1-8-5-11(19-23-8)7-22-13(21)6-12-9(2)16-14-17-15(24-4)18-20(14)10(12)3/h5H,6-7H2,1-4H3. The molecule has 0 unspecified atom stereocenters. The Morgan fingerprint density at radius 1 is 1.33 bits per heavy atom. The lowest BCUT2D eigenvalue weighted by Crippen LogP contribution is -2.13. The number of carbonyl (C=O) groups is 1. The fourth-order valence-corrected chi connectivity index (χ4v) is 2.70. The SMILES string of the molecule is CSc1nc2nc(C)c(CC(=O)OCc3cc(C)on3)c(C)n2n1. The first-order chi connectivity index (χ1) is 11.5. The lowest BCUT2D eigenvalue weighted by atomic mass is 10.1. The minimum absolute atomic E-state index is 0.0872. The van der Waals surface area contributed by atoms with Crippen LogP contribution in [0.4, 0.5) is 0 Å². The molecule has 3 rings (SSSR count). The van der Waals surface area contributed by atoms with Gasteiger partial charge in [0.05, 0.1) is 6.42 Å². The molecule has 3 aromatic heterocycles. The third-order valence-electron chi connectivity index (χ3n) is 3.59. The van der Waals surface area contributed by atoms with Gasteiger partial charge in [-0.1, -0.05) is 16.9 Å². The first-order valence-electron chi connectivity index (χ1n) is 7.32. The van der Waals surface area contributed by atoms with Gasteiger partial charge in [-0.3, -0.25) is 4.79 Å². The summed E-state index contributed by atoms with van der Waals surface area (Å²) in [4.78, 5) is 20.9. The first kappa shape index (κ1) is 16.4. The van der Waals surface area contributed by atoms with Crippen molar-refractivity contribution in [2.24, 2.45) is 0 Å². The Bertz CT molecular complexity index is 902. The Morgan fingerprint density at radius 3 is 2.79 bits per heavy atom. The number of fused-ring (bicyclic) bond motifs is 1. The lowest BCUT2D eigenvalue weighted by Gasteiger charge is -2.09. The Morgan fingerprint density at radius 2 is 2.12 bits per heavy atom. The second-order valence-electron chi connectivity index (χ2n) is 5.34. The average Bonchev–Trinajstić information content (AvgIpc) is 3.15. The summed E-state index contributed by atoms with van der Waals surface area (Å²) in [6.45, 7) is 5.62. The maximum Gasteiger partial charge on any atom is 0.310 e. The lowest BCUT2D eigenvalue weighted by molar-refractivity contribution is -0.144. The number of aryl methyl sites for hydroxylation is 3. The third kappa shape index (κ3) is 3.25. The number of hydrogen-bond donors (Lipinski definition) is 0. The third-order valence-corrected chi connectivity index (χ3v) is 4.13. The zero-order valence-electron chi connectivity index (χ0n) is 13.9. The van der Waals surface area contributed by atoms with E-state index in [1.165, 1.54) is 11.8 Å². The summed E-state index contributed by atoms with van der Waals surface area (Å²) >= 11 is 1.45. The molecule has 0 aromatic carbocycles. The zero-order valence-corrected chi connectivity index (χ0v) is 14.7. The molecule has 8 nitrogen and oxygen atoms in total. The second-order valence-corrected chi connectivity index (χ2v) is 6.11. The van der Waals surface area contributed by atoms with Crippen LogP contribution in [-0.2, 0) is 22.6 Å². The van der Waals surface area contributed by atoms with Crippen molar-refractivity contribution in [1.82, 2.24) is 24.7 Å². The van der Waals surface area contributed by atoms with Gasteiger partial charge in [-0.2, -0.15) is 4.98 Å². The van der Waals surface area contributed by atoms with E-state index in [9.17, 15) is 4.79 Å². The van der Waals surface area contributed by atoms with Gasteiger partial charge in [-0.25, -0.2) is 9.50 Å². The van der Waals surface area contributed by atoms with Crippen LogP contribution in [-0.4, -0.2) is 37.0 Å². The quantitative estimate of drug-likeness (QED) is 0.511. The summed E-state index contributed by atoms with van der Waals surface area (Å²) in [5, 5.41) is 8.81. The molecule has 0 atom stereocenters. The summed E-state index contributed by atoms with van der Waals surface area (Å²) in [5.74, 6) is 0.857. The Kier molecular flexibility index (Phi) is 4.52. The van der Waals surface area contributed by atoms with Gasteiger partial charge in [0.25, 0.3) is 5.78 Å². The van der Waals surface area contributed by atoms with Crippen molar-refractivity contribution < 1.29 is 14.1 Å². The van der Waals surface area contributed by atoms with Gasteiger partial charge in [0, 0.05) is 23.0 Å². The molecule has 0 radical (unpaired) electrons. The molecular formula is C15H17N5O3S. The fraction of sp³-hybridized carbons (Fsp3) is 0.400. The highest BCUT2D eigenvalue weighted by atomic mass is 32.2. The molecule has 0 spiro atoms. The summed E-state index contributed by atoms with van der Waals surface area (Å²) in [6, 6.07) is 1.73. The van der Waals surface area contributed by atoms with E-state index in [4.69, 9.17) is 9.26 Å². The van der Waals surface area contributed by atoms with Crippen LogP contribution in [0.1, 0.15) is 28.4 Å². The van der Waals surface area contributed by atoms with Crippen molar-refractivity contribution in [1.29, 1.82) is 0 Å². The summed E-state index contributed by atoms with van der Waals surface area (Å²) in [6.07, 6.45) is 2.02. The topological polar surface area (TPSA) is 95.4 Å². The van der Waals surface area contributed by atoms with E-state index >= 15 is 0 Å². The van der Waals surface area contributed by atoms with Crippen molar-refractivity contribution >= 4 is 23.5 Å². The van der Waals surface area contributed by atoms with Gasteiger partial charge in [-0.15, -0.1) is 5.10 Å². The predicted molar refractivity (Wildman–Crippen MR) is 86.8 cm³/mol. The molecular weight excluding hydrogens is 330 g/mol. The Hall–Kier alpha value is -2.42. The van der Waals surface area contributed by atoms with Crippen LogP contribution in [0.3, 0.4) is 0 Å².